The van der Waals surface area contributed by atoms with E-state index in [1.807, 2.05) is 35.2 Å². The molecule has 1 unspecified atom stereocenters. The Morgan fingerprint density at radius 1 is 1.08 bits per heavy atom. The average Bonchev–Trinajstić information content (AvgIpc) is 3.27. The summed E-state index contributed by atoms with van der Waals surface area (Å²) < 4.78 is 25.0. The lowest BCUT2D eigenvalue weighted by molar-refractivity contribution is 0.0606. The van der Waals surface area contributed by atoms with E-state index in [0.29, 0.717) is 6.42 Å². The lowest BCUT2D eigenvalue weighted by Crippen LogP contribution is -2.46. The lowest BCUT2D eigenvalue weighted by atomic mass is 10.1. The highest BCUT2D eigenvalue weighted by Gasteiger charge is 2.39. The van der Waals surface area contributed by atoms with Gasteiger partial charge in [0.05, 0.1) is 16.4 Å². The van der Waals surface area contributed by atoms with E-state index >= 15 is 0 Å². The van der Waals surface area contributed by atoms with Gasteiger partial charge in [0.1, 0.15) is 0 Å². The maximum atomic E-state index is 13.2. The first kappa shape index (κ1) is 16.1. The van der Waals surface area contributed by atoms with Crippen molar-refractivity contribution in [3.8, 4) is 0 Å². The van der Waals surface area contributed by atoms with Crippen LogP contribution in [0, 0.1) is 0 Å². The SMILES string of the molecule is O=C(c1cc2ccccc2s1)N(C1CCCC1)C1CCS(=O)(=O)C1. The number of carbonyl (C=O) groups excluding carboxylic acids is 1. The Bertz CT molecular complexity index is 832. The van der Waals surface area contributed by atoms with Crippen LogP contribution in [0.1, 0.15) is 41.8 Å². The summed E-state index contributed by atoms with van der Waals surface area (Å²) in [5.74, 6) is 0.353. The van der Waals surface area contributed by atoms with Crippen molar-refractivity contribution in [2.24, 2.45) is 0 Å². The van der Waals surface area contributed by atoms with Crippen LogP contribution in [0.25, 0.3) is 10.1 Å². The second-order valence-corrected chi connectivity index (χ2v) is 10.2. The fourth-order valence-corrected chi connectivity index (χ4v) is 6.74. The van der Waals surface area contributed by atoms with Gasteiger partial charge in [-0.15, -0.1) is 11.3 Å². The molecule has 128 valence electrons. The van der Waals surface area contributed by atoms with Crippen molar-refractivity contribution in [3.05, 3.63) is 35.2 Å². The van der Waals surface area contributed by atoms with Gasteiger partial charge in [0.2, 0.25) is 0 Å². The summed E-state index contributed by atoms with van der Waals surface area (Å²) in [5.41, 5.74) is 0. The van der Waals surface area contributed by atoms with Crippen molar-refractivity contribution >= 4 is 37.2 Å². The van der Waals surface area contributed by atoms with Crippen LogP contribution in [0.15, 0.2) is 30.3 Å². The molecule has 1 saturated heterocycles. The molecule has 1 amide bonds. The highest BCUT2D eigenvalue weighted by atomic mass is 32.2. The third-order valence-electron chi connectivity index (χ3n) is 5.19. The molecule has 1 aromatic heterocycles. The van der Waals surface area contributed by atoms with Crippen molar-refractivity contribution in [1.29, 1.82) is 0 Å². The Morgan fingerprint density at radius 3 is 2.50 bits per heavy atom. The standard InChI is InChI=1S/C18H21NO3S2/c20-18(17-11-13-5-1-4-8-16(13)23-17)19(14-6-2-3-7-14)15-9-10-24(21,22)12-15/h1,4-5,8,11,14-15H,2-3,6-7,9-10,12H2. The summed E-state index contributed by atoms with van der Waals surface area (Å²) in [6, 6.07) is 9.98. The Kier molecular flexibility index (Phi) is 4.12. The van der Waals surface area contributed by atoms with Gasteiger partial charge in [0.25, 0.3) is 5.91 Å². The number of hydrogen-bond acceptors (Lipinski definition) is 4. The van der Waals surface area contributed by atoms with Crippen molar-refractivity contribution < 1.29 is 13.2 Å². The molecule has 1 aliphatic heterocycles. The van der Waals surface area contributed by atoms with E-state index in [2.05, 4.69) is 0 Å². The maximum Gasteiger partial charge on any atom is 0.264 e. The molecule has 0 radical (unpaired) electrons. The van der Waals surface area contributed by atoms with Gasteiger partial charge in [-0.05, 0) is 36.8 Å². The van der Waals surface area contributed by atoms with Crippen LogP contribution in [-0.2, 0) is 9.84 Å². The maximum absolute atomic E-state index is 13.2. The minimum atomic E-state index is -3.00. The number of sulfone groups is 1. The first-order valence-electron chi connectivity index (χ1n) is 8.55. The largest absolute Gasteiger partial charge is 0.331 e. The monoisotopic (exact) mass is 363 g/mol. The van der Waals surface area contributed by atoms with Crippen molar-refractivity contribution in [2.75, 3.05) is 11.5 Å². The molecular formula is C18H21NO3S2. The lowest BCUT2D eigenvalue weighted by Gasteiger charge is -2.33. The van der Waals surface area contributed by atoms with E-state index in [-0.39, 0.29) is 29.5 Å². The number of benzene rings is 1. The van der Waals surface area contributed by atoms with Gasteiger partial charge >= 0.3 is 0 Å². The Hall–Kier alpha value is -1.40. The van der Waals surface area contributed by atoms with Crippen LogP contribution in [0.5, 0.6) is 0 Å². The molecule has 2 aromatic rings. The topological polar surface area (TPSA) is 54.5 Å². The molecule has 24 heavy (non-hydrogen) atoms. The Balaban J connectivity index is 1.68. The minimum Gasteiger partial charge on any atom is -0.331 e. The second-order valence-electron chi connectivity index (χ2n) is 6.86. The van der Waals surface area contributed by atoms with E-state index in [4.69, 9.17) is 0 Å². The normalized spacial score (nSPS) is 23.8. The minimum absolute atomic E-state index is 0.0187. The third kappa shape index (κ3) is 2.97. The molecular weight excluding hydrogens is 342 g/mol. The third-order valence-corrected chi connectivity index (χ3v) is 8.05. The van der Waals surface area contributed by atoms with Crippen molar-refractivity contribution in [2.45, 2.75) is 44.2 Å². The van der Waals surface area contributed by atoms with Crippen molar-refractivity contribution in [3.63, 3.8) is 0 Å². The van der Waals surface area contributed by atoms with Crippen LogP contribution in [0.4, 0.5) is 0 Å². The summed E-state index contributed by atoms with van der Waals surface area (Å²) in [5, 5.41) is 1.08. The molecule has 0 N–H and O–H groups in total. The van der Waals surface area contributed by atoms with E-state index in [9.17, 15) is 13.2 Å². The summed E-state index contributed by atoms with van der Waals surface area (Å²) in [4.78, 5) is 15.9. The summed E-state index contributed by atoms with van der Waals surface area (Å²) in [6.07, 6.45) is 4.82. The molecule has 0 bridgehead atoms. The molecule has 4 nitrogen and oxygen atoms in total. The Morgan fingerprint density at radius 2 is 1.83 bits per heavy atom. The first-order chi connectivity index (χ1) is 11.5. The van der Waals surface area contributed by atoms with Gasteiger partial charge in [0, 0.05) is 16.8 Å². The predicted molar refractivity (Wildman–Crippen MR) is 97.3 cm³/mol. The first-order valence-corrected chi connectivity index (χ1v) is 11.2. The van der Waals surface area contributed by atoms with Gasteiger partial charge in [-0.25, -0.2) is 8.42 Å². The summed E-state index contributed by atoms with van der Waals surface area (Å²) in [6.45, 7) is 0. The molecule has 2 aliphatic rings. The van der Waals surface area contributed by atoms with Gasteiger partial charge < -0.3 is 4.90 Å². The van der Waals surface area contributed by atoms with Gasteiger partial charge in [-0.1, -0.05) is 31.0 Å². The van der Waals surface area contributed by atoms with E-state index in [1.165, 1.54) is 11.3 Å². The van der Waals surface area contributed by atoms with Gasteiger partial charge in [-0.2, -0.15) is 0 Å². The zero-order valence-electron chi connectivity index (χ0n) is 13.5. The molecule has 0 spiro atoms. The van der Waals surface area contributed by atoms with Crippen molar-refractivity contribution in [1.82, 2.24) is 4.90 Å². The molecule has 1 aromatic carbocycles. The van der Waals surface area contributed by atoms with Crippen LogP contribution in [0.2, 0.25) is 0 Å². The second kappa shape index (κ2) is 6.15. The molecule has 1 saturated carbocycles. The van der Waals surface area contributed by atoms with Crippen LogP contribution in [-0.4, -0.2) is 42.8 Å². The highest BCUT2D eigenvalue weighted by molar-refractivity contribution is 7.91. The molecule has 2 heterocycles. The van der Waals surface area contributed by atoms with Crippen LogP contribution >= 0.6 is 11.3 Å². The Labute approximate surface area is 146 Å². The fraction of sp³-hybridized carbons (Fsp3) is 0.500. The number of amides is 1. The fourth-order valence-electron chi connectivity index (χ4n) is 4.02. The molecule has 4 rings (SSSR count). The predicted octanol–water partition coefficient (Wildman–Crippen LogP) is 3.47. The van der Waals surface area contributed by atoms with E-state index in [0.717, 1.165) is 40.6 Å². The van der Waals surface area contributed by atoms with E-state index < -0.39 is 9.84 Å². The van der Waals surface area contributed by atoms with Gasteiger partial charge in [0.15, 0.2) is 9.84 Å². The smallest absolute Gasteiger partial charge is 0.264 e. The highest BCUT2D eigenvalue weighted by Crippen LogP contribution is 2.33. The average molecular weight is 364 g/mol. The van der Waals surface area contributed by atoms with Crippen LogP contribution in [0.3, 0.4) is 0 Å². The number of carbonyl (C=O) groups is 1. The molecule has 6 heteroatoms. The zero-order chi connectivity index (χ0) is 16.7. The quantitative estimate of drug-likeness (QED) is 0.839. The summed E-state index contributed by atoms with van der Waals surface area (Å²) >= 11 is 1.51. The van der Waals surface area contributed by atoms with Gasteiger partial charge in [-0.3, -0.25) is 4.79 Å². The summed E-state index contributed by atoms with van der Waals surface area (Å²) in [7, 11) is -3.00. The van der Waals surface area contributed by atoms with E-state index in [1.54, 1.807) is 0 Å². The number of hydrogen-bond donors (Lipinski definition) is 0. The number of nitrogens with zero attached hydrogens (tertiary/aromatic N) is 1. The molecule has 2 fully saturated rings. The zero-order valence-corrected chi connectivity index (χ0v) is 15.1. The number of fused-ring (bicyclic) bond motifs is 1. The number of rotatable bonds is 3. The number of thiophene rings is 1. The van der Waals surface area contributed by atoms with Crippen LogP contribution < -0.4 is 0 Å². The molecule has 1 atom stereocenters. The molecule has 1 aliphatic carbocycles.